The predicted molar refractivity (Wildman–Crippen MR) is 77.2 cm³/mol. The topological polar surface area (TPSA) is 80.9 Å². The molecule has 2 rings (SSSR count). The van der Waals surface area contributed by atoms with E-state index < -0.39 is 5.97 Å². The Labute approximate surface area is 122 Å². The van der Waals surface area contributed by atoms with Gasteiger partial charge in [-0.15, -0.1) is 0 Å². The first kappa shape index (κ1) is 14.8. The lowest BCUT2D eigenvalue weighted by atomic mass is 10.2. The largest absolute Gasteiger partial charge is 0.493 e. The Kier molecular flexibility index (Phi) is 4.71. The Morgan fingerprint density at radius 2 is 2.10 bits per heavy atom. The number of benzene rings is 1. The van der Waals surface area contributed by atoms with Crippen LogP contribution in [0.3, 0.4) is 0 Å². The van der Waals surface area contributed by atoms with Crippen LogP contribution in [-0.2, 0) is 6.54 Å². The molecule has 6 nitrogen and oxygen atoms in total. The van der Waals surface area contributed by atoms with Crippen molar-refractivity contribution in [3.05, 3.63) is 41.9 Å². The molecule has 21 heavy (non-hydrogen) atoms. The summed E-state index contributed by atoms with van der Waals surface area (Å²) in [6.07, 6.45) is 0. The normalized spacial score (nSPS) is 10.2. The summed E-state index contributed by atoms with van der Waals surface area (Å²) in [6, 6.07) is 8.53. The third kappa shape index (κ3) is 3.68. The number of furan rings is 1. The van der Waals surface area contributed by atoms with Crippen LogP contribution in [0.1, 0.15) is 23.2 Å². The van der Waals surface area contributed by atoms with E-state index in [0.29, 0.717) is 30.4 Å². The molecule has 0 saturated heterocycles. The van der Waals surface area contributed by atoms with Crippen molar-refractivity contribution >= 4 is 11.7 Å². The molecule has 0 bridgehead atoms. The molecule has 0 amide bonds. The summed E-state index contributed by atoms with van der Waals surface area (Å²) >= 11 is 0. The van der Waals surface area contributed by atoms with E-state index in [1.54, 1.807) is 19.2 Å². The number of carbonyl (C=O) groups is 1. The van der Waals surface area contributed by atoms with Gasteiger partial charge in [0.05, 0.1) is 20.3 Å². The van der Waals surface area contributed by atoms with Gasteiger partial charge in [-0.2, -0.15) is 0 Å². The van der Waals surface area contributed by atoms with Crippen molar-refractivity contribution in [2.24, 2.45) is 0 Å². The summed E-state index contributed by atoms with van der Waals surface area (Å²) in [5.74, 6) is 0.700. The minimum atomic E-state index is -1.08. The summed E-state index contributed by atoms with van der Waals surface area (Å²) in [5.41, 5.74) is 0.826. The molecule has 0 aliphatic rings. The molecule has 0 unspecified atom stereocenters. The van der Waals surface area contributed by atoms with Crippen LogP contribution >= 0.6 is 0 Å². The lowest BCUT2D eigenvalue weighted by Gasteiger charge is -2.11. The summed E-state index contributed by atoms with van der Waals surface area (Å²) < 4.78 is 15.9. The van der Waals surface area contributed by atoms with Crippen molar-refractivity contribution in [1.82, 2.24) is 0 Å². The van der Waals surface area contributed by atoms with Crippen LogP contribution in [0, 0.1) is 0 Å². The molecular weight excluding hydrogens is 274 g/mol. The van der Waals surface area contributed by atoms with Gasteiger partial charge in [-0.05, 0) is 31.2 Å². The Morgan fingerprint density at radius 3 is 2.71 bits per heavy atom. The highest BCUT2D eigenvalue weighted by atomic mass is 16.5. The van der Waals surface area contributed by atoms with Crippen molar-refractivity contribution in [1.29, 1.82) is 0 Å². The SMILES string of the molecule is CCOc1cc(NCc2ccc(C(=O)O)o2)ccc1OC. The maximum absolute atomic E-state index is 10.7. The molecule has 0 aliphatic carbocycles. The molecule has 2 aromatic rings. The van der Waals surface area contributed by atoms with Crippen LogP contribution in [0.25, 0.3) is 0 Å². The Bertz CT molecular complexity index is 620. The number of hydrogen-bond donors (Lipinski definition) is 2. The summed E-state index contributed by atoms with van der Waals surface area (Å²) in [5, 5.41) is 11.9. The van der Waals surface area contributed by atoms with Crippen LogP contribution in [0.2, 0.25) is 0 Å². The second-order valence-electron chi connectivity index (χ2n) is 4.22. The third-order valence-electron chi connectivity index (χ3n) is 2.80. The third-order valence-corrected chi connectivity index (χ3v) is 2.80. The van der Waals surface area contributed by atoms with Gasteiger partial charge in [0.15, 0.2) is 11.5 Å². The maximum Gasteiger partial charge on any atom is 0.371 e. The van der Waals surface area contributed by atoms with E-state index in [0.717, 1.165) is 5.69 Å². The molecule has 112 valence electrons. The Morgan fingerprint density at radius 1 is 1.29 bits per heavy atom. The molecule has 0 atom stereocenters. The number of carboxylic acids is 1. The second kappa shape index (κ2) is 6.69. The summed E-state index contributed by atoms with van der Waals surface area (Å²) in [6.45, 7) is 2.82. The zero-order chi connectivity index (χ0) is 15.2. The van der Waals surface area contributed by atoms with Crippen LogP contribution in [0.4, 0.5) is 5.69 Å². The molecule has 0 spiro atoms. The fourth-order valence-corrected chi connectivity index (χ4v) is 1.83. The molecule has 0 fully saturated rings. The number of anilines is 1. The van der Waals surface area contributed by atoms with E-state index in [4.69, 9.17) is 19.0 Å². The quantitative estimate of drug-likeness (QED) is 0.816. The van der Waals surface area contributed by atoms with Crippen molar-refractivity contribution in [2.45, 2.75) is 13.5 Å². The van der Waals surface area contributed by atoms with E-state index >= 15 is 0 Å². The van der Waals surface area contributed by atoms with Gasteiger partial charge in [-0.25, -0.2) is 4.79 Å². The molecule has 2 N–H and O–H groups in total. The van der Waals surface area contributed by atoms with Crippen LogP contribution in [0.5, 0.6) is 11.5 Å². The van der Waals surface area contributed by atoms with E-state index in [-0.39, 0.29) is 5.76 Å². The zero-order valence-electron chi connectivity index (χ0n) is 11.9. The van der Waals surface area contributed by atoms with E-state index in [1.165, 1.54) is 6.07 Å². The zero-order valence-corrected chi connectivity index (χ0v) is 11.9. The van der Waals surface area contributed by atoms with Crippen molar-refractivity contribution in [3.63, 3.8) is 0 Å². The molecule has 0 saturated carbocycles. The van der Waals surface area contributed by atoms with Crippen molar-refractivity contribution in [3.8, 4) is 11.5 Å². The number of ether oxygens (including phenoxy) is 2. The average molecular weight is 291 g/mol. The van der Waals surface area contributed by atoms with Gasteiger partial charge in [0.1, 0.15) is 5.76 Å². The number of methoxy groups -OCH3 is 1. The molecule has 1 aromatic carbocycles. The number of hydrogen-bond acceptors (Lipinski definition) is 5. The number of aromatic carboxylic acids is 1. The van der Waals surface area contributed by atoms with E-state index in [1.807, 2.05) is 19.1 Å². The lowest BCUT2D eigenvalue weighted by Crippen LogP contribution is -2.01. The molecule has 0 aliphatic heterocycles. The molecule has 6 heteroatoms. The van der Waals surface area contributed by atoms with Gasteiger partial charge in [-0.3, -0.25) is 0 Å². The van der Waals surface area contributed by atoms with Gasteiger partial charge in [-0.1, -0.05) is 0 Å². The van der Waals surface area contributed by atoms with Gasteiger partial charge < -0.3 is 24.3 Å². The first-order valence-electron chi connectivity index (χ1n) is 6.50. The monoisotopic (exact) mass is 291 g/mol. The smallest absolute Gasteiger partial charge is 0.371 e. The molecule has 0 radical (unpaired) electrons. The van der Waals surface area contributed by atoms with Gasteiger partial charge in [0.2, 0.25) is 5.76 Å². The van der Waals surface area contributed by atoms with Crippen LogP contribution in [0.15, 0.2) is 34.7 Å². The van der Waals surface area contributed by atoms with Crippen molar-refractivity contribution < 1.29 is 23.8 Å². The summed E-state index contributed by atoms with van der Waals surface area (Å²) in [4.78, 5) is 10.7. The summed E-state index contributed by atoms with van der Waals surface area (Å²) in [7, 11) is 1.58. The standard InChI is InChI=1S/C15H17NO5/c1-3-20-14-8-10(4-6-12(14)19-2)16-9-11-5-7-13(21-11)15(17)18/h4-8,16H,3,9H2,1-2H3,(H,17,18). The molecular formula is C15H17NO5. The van der Waals surface area contributed by atoms with Crippen LogP contribution in [-0.4, -0.2) is 24.8 Å². The lowest BCUT2D eigenvalue weighted by molar-refractivity contribution is 0.0660. The average Bonchev–Trinajstić information content (AvgIpc) is 2.95. The van der Waals surface area contributed by atoms with Gasteiger partial charge in [0.25, 0.3) is 0 Å². The number of rotatable bonds is 7. The second-order valence-corrected chi connectivity index (χ2v) is 4.22. The number of carboxylic acid groups (broad SMARTS) is 1. The van der Waals surface area contributed by atoms with Crippen molar-refractivity contribution in [2.75, 3.05) is 19.0 Å². The Balaban J connectivity index is 2.05. The highest BCUT2D eigenvalue weighted by molar-refractivity contribution is 5.84. The first-order chi connectivity index (χ1) is 10.1. The van der Waals surface area contributed by atoms with E-state index in [2.05, 4.69) is 5.32 Å². The van der Waals surface area contributed by atoms with Crippen LogP contribution < -0.4 is 14.8 Å². The fourth-order valence-electron chi connectivity index (χ4n) is 1.83. The first-order valence-corrected chi connectivity index (χ1v) is 6.50. The predicted octanol–water partition coefficient (Wildman–Crippen LogP) is 3.00. The fraction of sp³-hybridized carbons (Fsp3) is 0.267. The molecule has 1 aromatic heterocycles. The number of nitrogens with one attached hydrogen (secondary N) is 1. The minimum Gasteiger partial charge on any atom is -0.493 e. The highest BCUT2D eigenvalue weighted by Crippen LogP contribution is 2.30. The van der Waals surface area contributed by atoms with E-state index in [9.17, 15) is 4.79 Å². The van der Waals surface area contributed by atoms with Gasteiger partial charge in [0, 0.05) is 11.8 Å². The van der Waals surface area contributed by atoms with Gasteiger partial charge >= 0.3 is 5.97 Å². The maximum atomic E-state index is 10.7. The minimum absolute atomic E-state index is 0.0727. The Hall–Kier alpha value is -2.63. The molecule has 1 heterocycles. The highest BCUT2D eigenvalue weighted by Gasteiger charge is 2.09.